The van der Waals surface area contributed by atoms with E-state index in [0.717, 1.165) is 5.69 Å². The molecular weight excluding hydrogens is 206 g/mol. The molecule has 0 aromatic carbocycles. The van der Waals surface area contributed by atoms with E-state index in [1.807, 2.05) is 0 Å². The molecular formula is C12H17NO3. The fourth-order valence-electron chi connectivity index (χ4n) is 1.44. The van der Waals surface area contributed by atoms with Crippen LogP contribution in [0.1, 0.15) is 42.4 Å². The van der Waals surface area contributed by atoms with E-state index in [-0.39, 0.29) is 5.56 Å². The van der Waals surface area contributed by atoms with Crippen LogP contribution in [0, 0.1) is 13.8 Å². The lowest BCUT2D eigenvalue weighted by Crippen LogP contribution is -2.29. The number of rotatable bonds is 1. The molecule has 0 amide bonds. The Morgan fingerprint density at radius 1 is 1.31 bits per heavy atom. The molecule has 1 aromatic rings. The number of hydrogen-bond acceptors (Lipinski definition) is 3. The van der Waals surface area contributed by atoms with E-state index in [1.165, 1.54) is 0 Å². The van der Waals surface area contributed by atoms with Gasteiger partial charge in [-0.2, -0.15) is 0 Å². The van der Waals surface area contributed by atoms with Gasteiger partial charge in [-0.25, -0.2) is 4.79 Å². The Labute approximate surface area is 94.6 Å². The van der Waals surface area contributed by atoms with Crippen molar-refractivity contribution in [2.75, 3.05) is 0 Å². The maximum absolute atomic E-state index is 11.8. The van der Waals surface area contributed by atoms with Gasteiger partial charge in [-0.3, -0.25) is 4.79 Å². The van der Waals surface area contributed by atoms with Gasteiger partial charge >= 0.3 is 5.97 Å². The van der Waals surface area contributed by atoms with Gasteiger partial charge in [0.25, 0.3) is 5.56 Å². The van der Waals surface area contributed by atoms with E-state index < -0.39 is 17.1 Å². The van der Waals surface area contributed by atoms with Crippen LogP contribution >= 0.6 is 0 Å². The van der Waals surface area contributed by atoms with Crippen LogP contribution in [0.4, 0.5) is 0 Å². The first-order valence-electron chi connectivity index (χ1n) is 5.14. The van der Waals surface area contributed by atoms with Gasteiger partial charge in [-0.1, -0.05) is 0 Å². The van der Waals surface area contributed by atoms with E-state index in [4.69, 9.17) is 4.74 Å². The summed E-state index contributed by atoms with van der Waals surface area (Å²) < 4.78 is 5.17. The summed E-state index contributed by atoms with van der Waals surface area (Å²) in [5, 5.41) is 0. The topological polar surface area (TPSA) is 59.2 Å². The highest BCUT2D eigenvalue weighted by Crippen LogP contribution is 2.12. The Bertz CT molecular complexity index is 466. The molecule has 88 valence electrons. The molecule has 0 aliphatic heterocycles. The first-order valence-corrected chi connectivity index (χ1v) is 5.14. The third-order valence-corrected chi connectivity index (χ3v) is 1.97. The first-order chi connectivity index (χ1) is 7.20. The second kappa shape index (κ2) is 4.12. The first kappa shape index (κ1) is 12.5. The molecule has 0 saturated carbocycles. The third kappa shape index (κ3) is 2.95. The number of aromatic nitrogens is 1. The lowest BCUT2D eigenvalue weighted by molar-refractivity contribution is 0.00667. The maximum Gasteiger partial charge on any atom is 0.344 e. The Hall–Kier alpha value is -1.58. The fourth-order valence-corrected chi connectivity index (χ4v) is 1.44. The van der Waals surface area contributed by atoms with Crippen LogP contribution in [-0.4, -0.2) is 16.6 Å². The van der Waals surface area contributed by atoms with E-state index in [0.29, 0.717) is 5.56 Å². The van der Waals surface area contributed by atoms with Crippen LogP contribution in [0.15, 0.2) is 10.9 Å². The summed E-state index contributed by atoms with van der Waals surface area (Å²) >= 11 is 0. The van der Waals surface area contributed by atoms with Gasteiger partial charge < -0.3 is 9.72 Å². The highest BCUT2D eigenvalue weighted by Gasteiger charge is 2.22. The molecule has 16 heavy (non-hydrogen) atoms. The van der Waals surface area contributed by atoms with Gasteiger partial charge in [-0.15, -0.1) is 0 Å². The lowest BCUT2D eigenvalue weighted by atomic mass is 10.1. The molecule has 0 radical (unpaired) electrons. The molecule has 0 spiro atoms. The predicted molar refractivity (Wildman–Crippen MR) is 61.7 cm³/mol. The average molecular weight is 223 g/mol. The van der Waals surface area contributed by atoms with E-state index >= 15 is 0 Å². The summed E-state index contributed by atoms with van der Waals surface area (Å²) in [7, 11) is 0. The Balaban J connectivity index is 3.15. The van der Waals surface area contributed by atoms with Crippen LogP contribution in [0.25, 0.3) is 0 Å². The quantitative estimate of drug-likeness (QED) is 0.740. The monoisotopic (exact) mass is 223 g/mol. The lowest BCUT2D eigenvalue weighted by Gasteiger charge is -2.19. The number of pyridine rings is 1. The minimum absolute atomic E-state index is 0.0838. The Kier molecular flexibility index (Phi) is 3.21. The molecule has 0 bridgehead atoms. The van der Waals surface area contributed by atoms with Crippen LogP contribution < -0.4 is 5.56 Å². The summed E-state index contributed by atoms with van der Waals surface area (Å²) in [6, 6.07) is 1.75. The molecule has 0 fully saturated rings. The SMILES string of the molecule is Cc1cc(C)c(C(=O)OC(C)(C)C)c(=O)[nH]1. The Morgan fingerprint density at radius 2 is 1.88 bits per heavy atom. The van der Waals surface area contributed by atoms with Crippen LogP contribution in [-0.2, 0) is 4.74 Å². The number of aromatic amines is 1. The van der Waals surface area contributed by atoms with Crippen molar-refractivity contribution in [3.8, 4) is 0 Å². The second-order valence-corrected chi connectivity index (χ2v) is 4.84. The molecule has 0 atom stereocenters. The number of H-pyrrole nitrogens is 1. The third-order valence-electron chi connectivity index (χ3n) is 1.97. The summed E-state index contributed by atoms with van der Waals surface area (Å²) in [6.45, 7) is 8.79. The van der Waals surface area contributed by atoms with Crippen LogP contribution in [0.2, 0.25) is 0 Å². The zero-order chi connectivity index (χ0) is 12.5. The number of hydrogen-bond donors (Lipinski definition) is 1. The standard InChI is InChI=1S/C12H17NO3/c1-7-6-8(2)13-10(14)9(7)11(15)16-12(3,4)5/h6H,1-5H3,(H,13,14). The summed E-state index contributed by atoms with van der Waals surface area (Å²) in [4.78, 5) is 26.0. The smallest absolute Gasteiger partial charge is 0.344 e. The number of aryl methyl sites for hydroxylation is 2. The summed E-state index contributed by atoms with van der Waals surface area (Å²) in [5.41, 5.74) is 0.457. The van der Waals surface area contributed by atoms with Crippen LogP contribution in [0.3, 0.4) is 0 Å². The van der Waals surface area contributed by atoms with Gasteiger partial charge in [0.2, 0.25) is 0 Å². The zero-order valence-corrected chi connectivity index (χ0v) is 10.3. The van der Waals surface area contributed by atoms with Gasteiger partial charge in [0.05, 0.1) is 0 Å². The van der Waals surface area contributed by atoms with Crippen molar-refractivity contribution in [3.63, 3.8) is 0 Å². The van der Waals surface area contributed by atoms with Crippen molar-refractivity contribution < 1.29 is 9.53 Å². The molecule has 0 saturated heterocycles. The zero-order valence-electron chi connectivity index (χ0n) is 10.3. The van der Waals surface area contributed by atoms with Gasteiger partial charge in [-0.05, 0) is 46.2 Å². The molecule has 0 aliphatic rings. The van der Waals surface area contributed by atoms with Crippen molar-refractivity contribution in [3.05, 3.63) is 33.2 Å². The average Bonchev–Trinajstić information content (AvgIpc) is 1.96. The van der Waals surface area contributed by atoms with Crippen LogP contribution in [0.5, 0.6) is 0 Å². The highest BCUT2D eigenvalue weighted by atomic mass is 16.6. The largest absolute Gasteiger partial charge is 0.456 e. The molecule has 0 aliphatic carbocycles. The number of carbonyl (C=O) groups is 1. The maximum atomic E-state index is 11.8. The molecule has 4 heteroatoms. The fraction of sp³-hybridized carbons (Fsp3) is 0.500. The van der Waals surface area contributed by atoms with Crippen molar-refractivity contribution in [2.45, 2.75) is 40.2 Å². The summed E-state index contributed by atoms with van der Waals surface area (Å²) in [5.74, 6) is -0.578. The minimum atomic E-state index is -0.596. The number of nitrogens with one attached hydrogen (secondary N) is 1. The number of ether oxygens (including phenoxy) is 1. The molecule has 1 N–H and O–H groups in total. The van der Waals surface area contributed by atoms with E-state index in [1.54, 1.807) is 40.7 Å². The molecule has 0 unspecified atom stereocenters. The second-order valence-electron chi connectivity index (χ2n) is 4.84. The van der Waals surface area contributed by atoms with Crippen molar-refractivity contribution in [2.24, 2.45) is 0 Å². The van der Waals surface area contributed by atoms with E-state index in [9.17, 15) is 9.59 Å². The molecule has 1 rings (SSSR count). The van der Waals surface area contributed by atoms with Gasteiger partial charge in [0, 0.05) is 5.69 Å². The molecule has 1 heterocycles. The molecule has 4 nitrogen and oxygen atoms in total. The normalized spacial score (nSPS) is 11.3. The number of carbonyl (C=O) groups excluding carboxylic acids is 1. The Morgan fingerprint density at radius 3 is 2.31 bits per heavy atom. The van der Waals surface area contributed by atoms with Crippen molar-refractivity contribution >= 4 is 5.97 Å². The highest BCUT2D eigenvalue weighted by molar-refractivity contribution is 5.90. The van der Waals surface area contributed by atoms with E-state index in [2.05, 4.69) is 4.98 Å². The van der Waals surface area contributed by atoms with Gasteiger partial charge in [0.15, 0.2) is 0 Å². The van der Waals surface area contributed by atoms with Crippen molar-refractivity contribution in [1.82, 2.24) is 4.98 Å². The summed E-state index contributed by atoms with van der Waals surface area (Å²) in [6.07, 6.45) is 0. The predicted octanol–water partition coefficient (Wildman–Crippen LogP) is 1.95. The van der Waals surface area contributed by atoms with Gasteiger partial charge in [0.1, 0.15) is 11.2 Å². The van der Waals surface area contributed by atoms with Crippen molar-refractivity contribution in [1.29, 1.82) is 0 Å². The number of esters is 1. The molecule has 1 aromatic heterocycles. The minimum Gasteiger partial charge on any atom is -0.456 e.